The SMILES string of the molecule is CC1(C(=O)NCC(F)(F)CN)CCCc2ccccc21. The van der Waals surface area contributed by atoms with Crippen molar-refractivity contribution in [2.24, 2.45) is 5.73 Å². The summed E-state index contributed by atoms with van der Waals surface area (Å²) in [4.78, 5) is 12.4. The summed E-state index contributed by atoms with van der Waals surface area (Å²) in [6, 6.07) is 7.72. The van der Waals surface area contributed by atoms with Gasteiger partial charge in [0.25, 0.3) is 5.92 Å². The Morgan fingerprint density at radius 2 is 2.15 bits per heavy atom. The lowest BCUT2D eigenvalue weighted by Crippen LogP contribution is -2.49. The summed E-state index contributed by atoms with van der Waals surface area (Å²) in [5.74, 6) is -3.40. The summed E-state index contributed by atoms with van der Waals surface area (Å²) < 4.78 is 26.3. The molecule has 0 fully saturated rings. The van der Waals surface area contributed by atoms with E-state index in [-0.39, 0.29) is 5.91 Å². The lowest BCUT2D eigenvalue weighted by atomic mass is 9.70. The van der Waals surface area contributed by atoms with Gasteiger partial charge in [-0.15, -0.1) is 0 Å². The maximum atomic E-state index is 13.2. The summed E-state index contributed by atoms with van der Waals surface area (Å²) in [7, 11) is 0. The lowest BCUT2D eigenvalue weighted by Gasteiger charge is -2.35. The van der Waals surface area contributed by atoms with Gasteiger partial charge in [-0.1, -0.05) is 24.3 Å². The van der Waals surface area contributed by atoms with Gasteiger partial charge in [0, 0.05) is 0 Å². The van der Waals surface area contributed by atoms with E-state index >= 15 is 0 Å². The zero-order chi connectivity index (χ0) is 14.8. The van der Waals surface area contributed by atoms with Crippen molar-refractivity contribution in [3.05, 3.63) is 35.4 Å². The van der Waals surface area contributed by atoms with Crippen molar-refractivity contribution >= 4 is 5.91 Å². The van der Waals surface area contributed by atoms with Gasteiger partial charge >= 0.3 is 0 Å². The minimum Gasteiger partial charge on any atom is -0.349 e. The van der Waals surface area contributed by atoms with Crippen LogP contribution in [-0.2, 0) is 16.6 Å². The average molecular weight is 282 g/mol. The maximum Gasteiger partial charge on any atom is 0.277 e. The molecular formula is C15H20F2N2O. The van der Waals surface area contributed by atoms with Gasteiger partial charge in [-0.25, -0.2) is 8.78 Å². The molecule has 1 aromatic carbocycles. The Balaban J connectivity index is 2.17. The van der Waals surface area contributed by atoms with E-state index in [0.717, 1.165) is 24.0 Å². The van der Waals surface area contributed by atoms with E-state index in [9.17, 15) is 13.6 Å². The number of amides is 1. The van der Waals surface area contributed by atoms with Gasteiger partial charge in [0.05, 0.1) is 18.5 Å². The standard InChI is InChI=1S/C15H20F2N2O/c1-14(13(20)19-10-15(16,17)9-18)8-4-6-11-5-2-3-7-12(11)14/h2-3,5,7H,4,6,8-10,18H2,1H3,(H,19,20). The fourth-order valence-corrected chi connectivity index (χ4v) is 2.76. The second kappa shape index (κ2) is 5.48. The van der Waals surface area contributed by atoms with Crippen LogP contribution in [0.1, 0.15) is 30.9 Å². The van der Waals surface area contributed by atoms with Crippen LogP contribution >= 0.6 is 0 Å². The third-order valence-electron chi connectivity index (χ3n) is 4.04. The first-order valence-electron chi connectivity index (χ1n) is 6.84. The van der Waals surface area contributed by atoms with Crippen LogP contribution in [0.2, 0.25) is 0 Å². The number of nitrogens with two attached hydrogens (primary N) is 1. The van der Waals surface area contributed by atoms with E-state index in [0.29, 0.717) is 6.42 Å². The maximum absolute atomic E-state index is 13.2. The Bertz CT molecular complexity index is 504. The molecule has 1 aromatic rings. The number of alkyl halides is 2. The third kappa shape index (κ3) is 2.82. The molecule has 0 saturated carbocycles. The van der Waals surface area contributed by atoms with E-state index in [1.165, 1.54) is 0 Å². The molecule has 110 valence electrons. The number of fused-ring (bicyclic) bond motifs is 1. The molecule has 3 N–H and O–H groups in total. The van der Waals surface area contributed by atoms with Gasteiger partial charge in [-0.2, -0.15) is 0 Å². The number of carbonyl (C=O) groups is 1. The highest BCUT2D eigenvalue weighted by molar-refractivity contribution is 5.88. The summed E-state index contributed by atoms with van der Waals surface area (Å²) >= 11 is 0. The van der Waals surface area contributed by atoms with Gasteiger partial charge in [-0.05, 0) is 37.3 Å². The Labute approximate surface area is 117 Å². The van der Waals surface area contributed by atoms with Gasteiger partial charge in [0.2, 0.25) is 5.91 Å². The molecule has 2 rings (SSSR count). The predicted octanol–water partition coefficient (Wildman–Crippen LogP) is 1.99. The Morgan fingerprint density at radius 3 is 2.85 bits per heavy atom. The van der Waals surface area contributed by atoms with E-state index in [1.54, 1.807) is 0 Å². The minimum absolute atomic E-state index is 0.349. The summed E-state index contributed by atoms with van der Waals surface area (Å²) in [5, 5.41) is 2.36. The van der Waals surface area contributed by atoms with E-state index in [4.69, 9.17) is 5.73 Å². The zero-order valence-electron chi connectivity index (χ0n) is 11.6. The first-order chi connectivity index (χ1) is 9.39. The van der Waals surface area contributed by atoms with E-state index in [1.807, 2.05) is 31.2 Å². The molecule has 0 aliphatic heterocycles. The zero-order valence-corrected chi connectivity index (χ0v) is 11.6. The van der Waals surface area contributed by atoms with Crippen LogP contribution in [0.3, 0.4) is 0 Å². The number of halogens is 2. The number of hydrogen-bond acceptors (Lipinski definition) is 2. The number of carbonyl (C=O) groups excluding carboxylic acids is 1. The molecule has 1 aliphatic carbocycles. The molecule has 1 unspecified atom stereocenters. The molecular weight excluding hydrogens is 262 g/mol. The molecule has 0 spiro atoms. The molecule has 1 aliphatic rings. The molecule has 0 bridgehead atoms. The Hall–Kier alpha value is -1.49. The summed E-state index contributed by atoms with van der Waals surface area (Å²) in [6.45, 7) is 0.349. The largest absolute Gasteiger partial charge is 0.349 e. The summed E-state index contributed by atoms with van der Waals surface area (Å²) in [6.07, 6.45) is 2.48. The number of aryl methyl sites for hydroxylation is 1. The van der Waals surface area contributed by atoms with Crippen LogP contribution in [0, 0.1) is 0 Å². The fourth-order valence-electron chi connectivity index (χ4n) is 2.76. The first kappa shape index (κ1) is 14.9. The van der Waals surface area contributed by atoms with Crippen LogP contribution in [0.4, 0.5) is 8.78 Å². The highest BCUT2D eigenvalue weighted by Gasteiger charge is 2.40. The highest BCUT2D eigenvalue weighted by Crippen LogP contribution is 2.37. The number of benzene rings is 1. The molecule has 0 aromatic heterocycles. The highest BCUT2D eigenvalue weighted by atomic mass is 19.3. The van der Waals surface area contributed by atoms with Gasteiger partial charge in [0.1, 0.15) is 0 Å². The fraction of sp³-hybridized carbons (Fsp3) is 0.533. The second-order valence-electron chi connectivity index (χ2n) is 5.59. The monoisotopic (exact) mass is 282 g/mol. The second-order valence-corrected chi connectivity index (χ2v) is 5.59. The molecule has 0 saturated heterocycles. The normalized spacial score (nSPS) is 22.2. The van der Waals surface area contributed by atoms with Gasteiger partial charge < -0.3 is 11.1 Å². The van der Waals surface area contributed by atoms with Crippen LogP contribution < -0.4 is 11.1 Å². The van der Waals surface area contributed by atoms with Gasteiger partial charge in [0.15, 0.2) is 0 Å². The molecule has 5 heteroatoms. The van der Waals surface area contributed by atoms with Crippen LogP contribution in [0.25, 0.3) is 0 Å². The van der Waals surface area contributed by atoms with Crippen molar-refractivity contribution in [2.45, 2.75) is 37.5 Å². The molecule has 20 heavy (non-hydrogen) atoms. The van der Waals surface area contributed by atoms with Crippen LogP contribution in [0.5, 0.6) is 0 Å². The van der Waals surface area contributed by atoms with E-state index in [2.05, 4.69) is 5.32 Å². The smallest absolute Gasteiger partial charge is 0.277 e. The van der Waals surface area contributed by atoms with Crippen molar-refractivity contribution in [3.63, 3.8) is 0 Å². The molecule has 0 heterocycles. The summed E-state index contributed by atoms with van der Waals surface area (Å²) in [5.41, 5.74) is 6.31. The van der Waals surface area contributed by atoms with Crippen molar-refractivity contribution < 1.29 is 13.6 Å². The van der Waals surface area contributed by atoms with Crippen LogP contribution in [-0.4, -0.2) is 24.9 Å². The third-order valence-corrected chi connectivity index (χ3v) is 4.04. The van der Waals surface area contributed by atoms with Crippen molar-refractivity contribution in [1.82, 2.24) is 5.32 Å². The molecule has 3 nitrogen and oxygen atoms in total. The van der Waals surface area contributed by atoms with Crippen molar-refractivity contribution in [2.75, 3.05) is 13.1 Å². The lowest BCUT2D eigenvalue weighted by molar-refractivity contribution is -0.128. The number of nitrogens with one attached hydrogen (secondary N) is 1. The van der Waals surface area contributed by atoms with Gasteiger partial charge in [-0.3, -0.25) is 4.79 Å². The molecule has 1 atom stereocenters. The molecule has 1 amide bonds. The topological polar surface area (TPSA) is 55.1 Å². The average Bonchev–Trinajstić information content (AvgIpc) is 2.45. The Kier molecular flexibility index (Phi) is 4.09. The van der Waals surface area contributed by atoms with Crippen LogP contribution in [0.15, 0.2) is 24.3 Å². The van der Waals surface area contributed by atoms with Crippen molar-refractivity contribution in [3.8, 4) is 0 Å². The first-order valence-corrected chi connectivity index (χ1v) is 6.84. The molecule has 0 radical (unpaired) electrons. The number of rotatable bonds is 4. The Morgan fingerprint density at radius 1 is 1.45 bits per heavy atom. The minimum atomic E-state index is -3.06. The number of hydrogen-bond donors (Lipinski definition) is 2. The van der Waals surface area contributed by atoms with E-state index < -0.39 is 24.4 Å². The quantitative estimate of drug-likeness (QED) is 0.887. The van der Waals surface area contributed by atoms with Crippen molar-refractivity contribution in [1.29, 1.82) is 0 Å². The predicted molar refractivity (Wildman–Crippen MR) is 73.7 cm³/mol.